The Hall–Kier alpha value is -1.06. The Balaban J connectivity index is 2.07. The van der Waals surface area contributed by atoms with Crippen LogP contribution in [0.4, 0.5) is 0 Å². The van der Waals surface area contributed by atoms with Crippen LogP contribution in [-0.2, 0) is 6.54 Å². The van der Waals surface area contributed by atoms with Crippen molar-refractivity contribution in [3.8, 4) is 5.75 Å². The molecule has 2 rings (SSSR count). The molecular formula is C15H24N2O. The molecule has 2 N–H and O–H groups in total. The molecule has 1 saturated carbocycles. The number of nitrogens with two attached hydrogens (primary N) is 1. The van der Waals surface area contributed by atoms with Crippen LogP contribution in [0.3, 0.4) is 0 Å². The second kappa shape index (κ2) is 5.29. The SMILES string of the molecule is COc1cccc(CN(C)C(C)(CN)C2CC2)c1. The summed E-state index contributed by atoms with van der Waals surface area (Å²) in [5.74, 6) is 1.68. The highest BCUT2D eigenvalue weighted by Gasteiger charge is 2.43. The highest BCUT2D eigenvalue weighted by atomic mass is 16.5. The molecule has 0 saturated heterocycles. The van der Waals surface area contributed by atoms with Crippen molar-refractivity contribution >= 4 is 0 Å². The first-order valence-corrected chi connectivity index (χ1v) is 6.64. The summed E-state index contributed by atoms with van der Waals surface area (Å²) < 4.78 is 5.26. The maximum atomic E-state index is 5.99. The van der Waals surface area contributed by atoms with Crippen LogP contribution < -0.4 is 10.5 Å². The van der Waals surface area contributed by atoms with Gasteiger partial charge in [0.25, 0.3) is 0 Å². The minimum absolute atomic E-state index is 0.128. The van der Waals surface area contributed by atoms with Crippen molar-refractivity contribution in [2.75, 3.05) is 20.7 Å². The van der Waals surface area contributed by atoms with E-state index < -0.39 is 0 Å². The molecule has 0 heterocycles. The molecule has 1 aromatic rings. The summed E-state index contributed by atoms with van der Waals surface area (Å²) >= 11 is 0. The van der Waals surface area contributed by atoms with E-state index in [9.17, 15) is 0 Å². The van der Waals surface area contributed by atoms with Crippen LogP contribution in [0.25, 0.3) is 0 Å². The first-order valence-electron chi connectivity index (χ1n) is 6.64. The standard InChI is InChI=1S/C15H24N2O/c1-15(11-16,13-7-8-13)17(2)10-12-5-4-6-14(9-12)18-3/h4-6,9,13H,7-8,10-11,16H2,1-3H3. The molecule has 1 unspecified atom stereocenters. The molecule has 0 aromatic heterocycles. The maximum absolute atomic E-state index is 5.99. The summed E-state index contributed by atoms with van der Waals surface area (Å²) in [7, 11) is 3.88. The first-order chi connectivity index (χ1) is 8.60. The third-order valence-electron chi connectivity index (χ3n) is 4.30. The smallest absolute Gasteiger partial charge is 0.119 e. The van der Waals surface area contributed by atoms with Gasteiger partial charge in [-0.3, -0.25) is 4.90 Å². The van der Waals surface area contributed by atoms with E-state index >= 15 is 0 Å². The van der Waals surface area contributed by atoms with Crippen LogP contribution >= 0.6 is 0 Å². The van der Waals surface area contributed by atoms with E-state index in [-0.39, 0.29) is 5.54 Å². The number of likely N-dealkylation sites (N-methyl/N-ethyl adjacent to an activating group) is 1. The average Bonchev–Trinajstić information content (AvgIpc) is 3.22. The quantitative estimate of drug-likeness (QED) is 0.839. The van der Waals surface area contributed by atoms with Gasteiger partial charge in [0.1, 0.15) is 5.75 Å². The highest BCUT2D eigenvalue weighted by molar-refractivity contribution is 5.28. The van der Waals surface area contributed by atoms with Gasteiger partial charge in [-0.1, -0.05) is 12.1 Å². The summed E-state index contributed by atoms with van der Waals surface area (Å²) in [6.45, 7) is 3.92. The monoisotopic (exact) mass is 248 g/mol. The van der Waals surface area contributed by atoms with Crippen LogP contribution in [0.1, 0.15) is 25.3 Å². The number of hydrogen-bond donors (Lipinski definition) is 1. The predicted octanol–water partition coefficient (Wildman–Crippen LogP) is 2.25. The van der Waals surface area contributed by atoms with E-state index in [1.807, 2.05) is 12.1 Å². The number of rotatable bonds is 6. The summed E-state index contributed by atoms with van der Waals surface area (Å²) in [5, 5.41) is 0. The molecule has 0 bridgehead atoms. The zero-order chi connectivity index (χ0) is 13.2. The highest BCUT2D eigenvalue weighted by Crippen LogP contribution is 2.42. The molecule has 3 heteroatoms. The van der Waals surface area contributed by atoms with Crippen molar-refractivity contribution in [3.63, 3.8) is 0 Å². The molecular weight excluding hydrogens is 224 g/mol. The van der Waals surface area contributed by atoms with Gasteiger partial charge in [-0.05, 0) is 50.4 Å². The minimum atomic E-state index is 0.128. The van der Waals surface area contributed by atoms with Crippen LogP contribution in [0.5, 0.6) is 5.75 Å². The summed E-state index contributed by atoms with van der Waals surface area (Å²) in [6, 6.07) is 8.26. The largest absolute Gasteiger partial charge is 0.497 e. The molecule has 0 radical (unpaired) electrons. The summed E-state index contributed by atoms with van der Waals surface area (Å²) in [4.78, 5) is 2.39. The number of nitrogens with zero attached hydrogens (tertiary/aromatic N) is 1. The molecule has 100 valence electrons. The third kappa shape index (κ3) is 2.68. The molecule has 1 atom stereocenters. The molecule has 1 fully saturated rings. The van der Waals surface area contributed by atoms with Crippen molar-refractivity contribution in [2.45, 2.75) is 31.8 Å². The summed E-state index contributed by atoms with van der Waals surface area (Å²) in [6.07, 6.45) is 2.63. The lowest BCUT2D eigenvalue weighted by molar-refractivity contribution is 0.112. The molecule has 18 heavy (non-hydrogen) atoms. The first kappa shape index (κ1) is 13.4. The van der Waals surface area contributed by atoms with Gasteiger partial charge in [0, 0.05) is 18.6 Å². The Morgan fingerprint density at radius 2 is 2.17 bits per heavy atom. The van der Waals surface area contributed by atoms with Crippen LogP contribution in [0, 0.1) is 5.92 Å². The van der Waals surface area contributed by atoms with Gasteiger partial charge in [-0.15, -0.1) is 0 Å². The fourth-order valence-electron chi connectivity index (χ4n) is 2.56. The number of benzene rings is 1. The lowest BCUT2D eigenvalue weighted by Crippen LogP contribution is -2.51. The van der Waals surface area contributed by atoms with Gasteiger partial charge in [0.2, 0.25) is 0 Å². The van der Waals surface area contributed by atoms with Gasteiger partial charge >= 0.3 is 0 Å². The number of hydrogen-bond acceptors (Lipinski definition) is 3. The maximum Gasteiger partial charge on any atom is 0.119 e. The Morgan fingerprint density at radius 1 is 1.44 bits per heavy atom. The topological polar surface area (TPSA) is 38.5 Å². The Bertz CT molecular complexity index is 403. The van der Waals surface area contributed by atoms with E-state index in [1.54, 1.807) is 7.11 Å². The van der Waals surface area contributed by atoms with E-state index in [4.69, 9.17) is 10.5 Å². The molecule has 0 spiro atoms. The Labute approximate surface area is 110 Å². The fraction of sp³-hybridized carbons (Fsp3) is 0.600. The van der Waals surface area contributed by atoms with Crippen LogP contribution in [-0.4, -0.2) is 31.1 Å². The van der Waals surface area contributed by atoms with Gasteiger partial charge in [-0.2, -0.15) is 0 Å². The van der Waals surface area contributed by atoms with Gasteiger partial charge < -0.3 is 10.5 Å². The third-order valence-corrected chi connectivity index (χ3v) is 4.30. The van der Waals surface area contributed by atoms with E-state index in [0.29, 0.717) is 0 Å². The molecule has 1 aliphatic rings. The normalized spacial score (nSPS) is 18.7. The van der Waals surface area contributed by atoms with Crippen LogP contribution in [0.2, 0.25) is 0 Å². The van der Waals surface area contributed by atoms with Crippen LogP contribution in [0.15, 0.2) is 24.3 Å². The van der Waals surface area contributed by atoms with Gasteiger partial charge in [0.15, 0.2) is 0 Å². The van der Waals surface area contributed by atoms with E-state index in [0.717, 1.165) is 24.8 Å². The molecule has 1 aliphatic carbocycles. The zero-order valence-corrected chi connectivity index (χ0v) is 11.6. The van der Waals surface area contributed by atoms with E-state index in [2.05, 4.69) is 31.0 Å². The predicted molar refractivity (Wildman–Crippen MR) is 74.6 cm³/mol. The molecule has 0 aliphatic heterocycles. The summed E-state index contributed by atoms with van der Waals surface area (Å²) in [5.41, 5.74) is 7.40. The van der Waals surface area contributed by atoms with Crippen molar-refractivity contribution in [1.82, 2.24) is 4.90 Å². The van der Waals surface area contributed by atoms with Crippen molar-refractivity contribution < 1.29 is 4.74 Å². The van der Waals surface area contributed by atoms with Crippen molar-refractivity contribution in [2.24, 2.45) is 11.7 Å². The average molecular weight is 248 g/mol. The zero-order valence-electron chi connectivity index (χ0n) is 11.6. The lowest BCUT2D eigenvalue weighted by atomic mass is 9.93. The van der Waals surface area contributed by atoms with Gasteiger partial charge in [0.05, 0.1) is 7.11 Å². The molecule has 0 amide bonds. The van der Waals surface area contributed by atoms with E-state index in [1.165, 1.54) is 18.4 Å². The molecule has 1 aromatic carbocycles. The van der Waals surface area contributed by atoms with Crippen molar-refractivity contribution in [1.29, 1.82) is 0 Å². The number of ether oxygens (including phenoxy) is 1. The number of methoxy groups -OCH3 is 1. The van der Waals surface area contributed by atoms with Crippen molar-refractivity contribution in [3.05, 3.63) is 29.8 Å². The second-order valence-corrected chi connectivity index (χ2v) is 5.54. The Morgan fingerprint density at radius 3 is 2.72 bits per heavy atom. The Kier molecular flexibility index (Phi) is 3.93. The molecule has 3 nitrogen and oxygen atoms in total. The van der Waals surface area contributed by atoms with Gasteiger partial charge in [-0.25, -0.2) is 0 Å². The minimum Gasteiger partial charge on any atom is -0.497 e. The fourth-order valence-corrected chi connectivity index (χ4v) is 2.56. The second-order valence-electron chi connectivity index (χ2n) is 5.54. The lowest BCUT2D eigenvalue weighted by Gasteiger charge is -2.38.